The first-order chi connectivity index (χ1) is 19.2. The maximum atomic E-state index is 13.7. The SMILES string of the molecule is CS(=O)(=O)OC1=CSC2[C@H](NC(=O)Cc3ccccc3)C(=O)N2C1C(=O)OC(c1ccccc1)c1ccccc1. The fraction of sp³-hybridized carbons (Fsp3) is 0.207. The van der Waals surface area contributed by atoms with Gasteiger partial charge in [0.2, 0.25) is 11.8 Å². The zero-order chi connectivity index (χ0) is 28.3. The predicted octanol–water partition coefficient (Wildman–Crippen LogP) is 3.15. The van der Waals surface area contributed by atoms with Crippen molar-refractivity contribution in [1.82, 2.24) is 10.2 Å². The number of hydrogen-bond donors (Lipinski definition) is 1. The fourth-order valence-corrected chi connectivity index (χ4v) is 6.31. The molecular weight excluding hydrogens is 552 g/mol. The van der Waals surface area contributed by atoms with Gasteiger partial charge in [-0.25, -0.2) is 4.79 Å². The van der Waals surface area contributed by atoms with Crippen LogP contribution in [0.4, 0.5) is 0 Å². The Kier molecular flexibility index (Phi) is 7.95. The summed E-state index contributed by atoms with van der Waals surface area (Å²) in [7, 11) is -4.02. The molecule has 3 atom stereocenters. The predicted molar refractivity (Wildman–Crippen MR) is 149 cm³/mol. The Morgan fingerprint density at radius 2 is 1.48 bits per heavy atom. The van der Waals surface area contributed by atoms with Crippen LogP contribution in [-0.2, 0) is 39.8 Å². The van der Waals surface area contributed by atoms with Crippen LogP contribution in [0.1, 0.15) is 22.8 Å². The Balaban J connectivity index is 1.39. The number of carbonyl (C=O) groups is 3. The van der Waals surface area contributed by atoms with Gasteiger partial charge in [-0.3, -0.25) is 9.59 Å². The maximum absolute atomic E-state index is 13.7. The van der Waals surface area contributed by atoms with E-state index in [0.717, 1.165) is 23.6 Å². The molecule has 3 aromatic carbocycles. The standard InChI is InChI=1S/C29H26N2O7S2/c1-40(35,36)38-22-18-39-28-24(30-23(32)17-19-11-5-2-6-12-19)27(33)31(28)25(22)29(34)37-26(20-13-7-3-8-14-20)21-15-9-4-10-16-21/h2-16,18,24-26,28H,17H2,1H3,(H,30,32)/t24-,25?,28?/m1/s1. The highest BCUT2D eigenvalue weighted by Gasteiger charge is 2.57. The van der Waals surface area contributed by atoms with Gasteiger partial charge in [0.05, 0.1) is 12.7 Å². The number of esters is 1. The third-order valence-corrected chi connectivity index (χ3v) is 8.03. The summed E-state index contributed by atoms with van der Waals surface area (Å²) in [6, 6.07) is 24.9. The van der Waals surface area contributed by atoms with Crippen molar-refractivity contribution in [2.75, 3.05) is 6.26 Å². The van der Waals surface area contributed by atoms with Gasteiger partial charge in [0, 0.05) is 5.41 Å². The summed E-state index contributed by atoms with van der Waals surface area (Å²) in [4.78, 5) is 40.9. The van der Waals surface area contributed by atoms with E-state index in [4.69, 9.17) is 8.92 Å². The lowest BCUT2D eigenvalue weighted by Crippen LogP contribution is -2.74. The van der Waals surface area contributed by atoms with E-state index in [1.807, 2.05) is 66.7 Å². The average Bonchev–Trinajstić information content (AvgIpc) is 2.95. The number of rotatable bonds is 9. The summed E-state index contributed by atoms with van der Waals surface area (Å²) in [5, 5.41) is 3.47. The molecule has 0 spiro atoms. The van der Waals surface area contributed by atoms with Gasteiger partial charge in [0.25, 0.3) is 0 Å². The summed E-state index contributed by atoms with van der Waals surface area (Å²) < 4.78 is 35.1. The van der Waals surface area contributed by atoms with E-state index < -0.39 is 45.6 Å². The summed E-state index contributed by atoms with van der Waals surface area (Å²) >= 11 is 1.09. The van der Waals surface area contributed by atoms with Crippen LogP contribution in [0, 0.1) is 0 Å². The summed E-state index contributed by atoms with van der Waals surface area (Å²) in [5.41, 5.74) is 2.18. The van der Waals surface area contributed by atoms with Gasteiger partial charge in [-0.2, -0.15) is 8.42 Å². The Labute approximate surface area is 236 Å². The molecule has 0 saturated carbocycles. The Bertz CT molecular complexity index is 1490. The number of benzene rings is 3. The van der Waals surface area contributed by atoms with Crippen LogP contribution in [0.3, 0.4) is 0 Å². The van der Waals surface area contributed by atoms with Crippen molar-refractivity contribution < 1.29 is 31.7 Å². The number of thioether (sulfide) groups is 1. The first kappa shape index (κ1) is 27.5. The third kappa shape index (κ3) is 6.05. The highest BCUT2D eigenvalue weighted by molar-refractivity contribution is 8.03. The number of β-lactam (4-membered cyclic amide) rings is 1. The van der Waals surface area contributed by atoms with E-state index in [9.17, 15) is 22.8 Å². The molecule has 0 bridgehead atoms. The van der Waals surface area contributed by atoms with Gasteiger partial charge in [0.1, 0.15) is 11.4 Å². The molecule has 9 nitrogen and oxygen atoms in total. The molecule has 0 aromatic heterocycles. The lowest BCUT2D eigenvalue weighted by molar-refractivity contribution is -0.166. The second kappa shape index (κ2) is 11.6. The minimum atomic E-state index is -4.02. The maximum Gasteiger partial charge on any atom is 0.337 e. The van der Waals surface area contributed by atoms with Crippen LogP contribution >= 0.6 is 11.8 Å². The molecule has 1 fully saturated rings. The van der Waals surface area contributed by atoms with E-state index >= 15 is 0 Å². The number of ether oxygens (including phenoxy) is 1. The molecule has 1 saturated heterocycles. The molecule has 5 rings (SSSR count). The highest BCUT2D eigenvalue weighted by Crippen LogP contribution is 2.42. The molecule has 0 aliphatic carbocycles. The summed E-state index contributed by atoms with van der Waals surface area (Å²) in [5.74, 6) is -1.99. The van der Waals surface area contributed by atoms with Crippen molar-refractivity contribution in [3.05, 3.63) is 119 Å². The van der Waals surface area contributed by atoms with Crippen molar-refractivity contribution in [3.8, 4) is 0 Å². The molecule has 0 radical (unpaired) electrons. The molecule has 2 unspecified atom stereocenters. The minimum absolute atomic E-state index is 0.0849. The van der Waals surface area contributed by atoms with Gasteiger partial charge < -0.3 is 19.1 Å². The first-order valence-electron chi connectivity index (χ1n) is 12.4. The zero-order valence-electron chi connectivity index (χ0n) is 21.4. The molecular formula is C29H26N2O7S2. The quantitative estimate of drug-likeness (QED) is 0.234. The number of fused-ring (bicyclic) bond motifs is 1. The number of hydrogen-bond acceptors (Lipinski definition) is 8. The lowest BCUT2D eigenvalue weighted by atomic mass is 9.99. The Hall–Kier alpha value is -4.09. The van der Waals surface area contributed by atoms with E-state index in [1.165, 1.54) is 10.3 Å². The Morgan fingerprint density at radius 3 is 2.02 bits per heavy atom. The van der Waals surface area contributed by atoms with Crippen LogP contribution in [0.2, 0.25) is 0 Å². The van der Waals surface area contributed by atoms with Crippen LogP contribution in [-0.4, -0.2) is 54.8 Å². The van der Waals surface area contributed by atoms with Crippen molar-refractivity contribution in [3.63, 3.8) is 0 Å². The first-order valence-corrected chi connectivity index (χ1v) is 15.2. The van der Waals surface area contributed by atoms with Crippen molar-refractivity contribution in [2.45, 2.75) is 30.0 Å². The average molecular weight is 579 g/mol. The van der Waals surface area contributed by atoms with E-state index in [1.54, 1.807) is 24.3 Å². The van der Waals surface area contributed by atoms with Crippen molar-refractivity contribution >= 4 is 39.7 Å². The summed E-state index contributed by atoms with van der Waals surface area (Å²) in [6.07, 6.45) is 0.121. The van der Waals surface area contributed by atoms with Gasteiger partial charge >= 0.3 is 16.1 Å². The van der Waals surface area contributed by atoms with Crippen LogP contribution < -0.4 is 5.32 Å². The molecule has 2 aliphatic rings. The largest absolute Gasteiger partial charge is 0.451 e. The fourth-order valence-electron chi connectivity index (χ4n) is 4.62. The second-order valence-electron chi connectivity index (χ2n) is 9.33. The van der Waals surface area contributed by atoms with E-state index in [2.05, 4.69) is 5.32 Å². The van der Waals surface area contributed by atoms with Crippen LogP contribution in [0.5, 0.6) is 0 Å². The molecule has 2 amide bonds. The van der Waals surface area contributed by atoms with Crippen LogP contribution in [0.15, 0.2) is 102 Å². The number of nitrogens with one attached hydrogen (secondary N) is 1. The highest BCUT2D eigenvalue weighted by atomic mass is 32.2. The van der Waals surface area contributed by atoms with E-state index in [0.29, 0.717) is 11.1 Å². The number of nitrogens with zero attached hydrogens (tertiary/aromatic N) is 1. The minimum Gasteiger partial charge on any atom is -0.451 e. The van der Waals surface area contributed by atoms with Gasteiger partial charge in [-0.15, -0.1) is 11.8 Å². The monoisotopic (exact) mass is 578 g/mol. The zero-order valence-corrected chi connectivity index (χ0v) is 23.0. The molecule has 11 heteroatoms. The number of carbonyl (C=O) groups excluding carboxylic acids is 3. The molecule has 1 N–H and O–H groups in total. The smallest absolute Gasteiger partial charge is 0.337 e. The molecule has 206 valence electrons. The van der Waals surface area contributed by atoms with Gasteiger partial charge in [-0.1, -0.05) is 91.0 Å². The van der Waals surface area contributed by atoms with E-state index in [-0.39, 0.29) is 18.1 Å². The molecule has 40 heavy (non-hydrogen) atoms. The lowest BCUT2D eigenvalue weighted by Gasteiger charge is -2.51. The molecule has 2 heterocycles. The Morgan fingerprint density at radius 1 is 0.925 bits per heavy atom. The molecule has 3 aromatic rings. The van der Waals surface area contributed by atoms with Gasteiger partial charge in [-0.05, 0) is 16.7 Å². The topological polar surface area (TPSA) is 119 Å². The second-order valence-corrected chi connectivity index (χ2v) is 11.9. The van der Waals surface area contributed by atoms with Gasteiger partial charge in [0.15, 0.2) is 17.9 Å². The van der Waals surface area contributed by atoms with Crippen molar-refractivity contribution in [1.29, 1.82) is 0 Å². The third-order valence-electron chi connectivity index (χ3n) is 6.38. The number of amides is 2. The molecule has 2 aliphatic heterocycles. The normalized spacial score (nSPS) is 20.1. The van der Waals surface area contributed by atoms with Crippen LogP contribution in [0.25, 0.3) is 0 Å². The van der Waals surface area contributed by atoms with Crippen molar-refractivity contribution in [2.24, 2.45) is 0 Å². The summed E-state index contributed by atoms with van der Waals surface area (Å²) in [6.45, 7) is 0.